The van der Waals surface area contributed by atoms with Gasteiger partial charge in [-0.25, -0.2) is 4.79 Å². The van der Waals surface area contributed by atoms with E-state index < -0.39 is 0 Å². The van der Waals surface area contributed by atoms with Gasteiger partial charge in [0.25, 0.3) is 0 Å². The molecule has 0 aliphatic carbocycles. The Kier molecular flexibility index (Phi) is 6.16. The molecule has 1 aromatic heterocycles. The number of rotatable bonds is 5. The lowest BCUT2D eigenvalue weighted by Gasteiger charge is -2.37. The zero-order valence-corrected chi connectivity index (χ0v) is 15.9. The first kappa shape index (κ1) is 19.0. The van der Waals surface area contributed by atoms with Crippen molar-refractivity contribution in [2.24, 2.45) is 5.92 Å². The van der Waals surface area contributed by atoms with E-state index in [9.17, 15) is 9.59 Å². The highest BCUT2D eigenvalue weighted by molar-refractivity contribution is 5.81. The number of nitrogens with one attached hydrogen (secondary N) is 2. The van der Waals surface area contributed by atoms with E-state index in [1.807, 2.05) is 38.1 Å². The Morgan fingerprint density at radius 1 is 1.15 bits per heavy atom. The Balaban J connectivity index is 1.71. The first-order valence-electron chi connectivity index (χ1n) is 9.43. The molecule has 2 atom stereocenters. The summed E-state index contributed by atoms with van der Waals surface area (Å²) in [6, 6.07) is 13.7. The zero-order valence-electron chi connectivity index (χ0n) is 15.9. The first-order valence-corrected chi connectivity index (χ1v) is 9.43. The molecule has 0 bridgehead atoms. The number of piperidine rings is 1. The van der Waals surface area contributed by atoms with Gasteiger partial charge in [-0.1, -0.05) is 30.3 Å². The molecule has 2 aromatic rings. The van der Waals surface area contributed by atoms with Crippen LogP contribution in [0.25, 0.3) is 0 Å². The Bertz CT molecular complexity index is 743. The van der Waals surface area contributed by atoms with Crippen molar-refractivity contribution in [2.75, 3.05) is 13.1 Å². The zero-order chi connectivity index (χ0) is 19.2. The molecule has 0 saturated carbocycles. The number of carbonyl (C=O) groups excluding carboxylic acids is 2. The maximum atomic E-state index is 12.7. The minimum absolute atomic E-state index is 0.0469. The van der Waals surface area contributed by atoms with Gasteiger partial charge in [0.1, 0.15) is 5.76 Å². The number of furan rings is 1. The van der Waals surface area contributed by atoms with E-state index >= 15 is 0 Å². The van der Waals surface area contributed by atoms with E-state index in [1.165, 1.54) is 0 Å². The normalized spacial score (nSPS) is 19.7. The number of nitrogens with zero attached hydrogens (tertiary/aromatic N) is 1. The second kappa shape index (κ2) is 8.75. The van der Waals surface area contributed by atoms with E-state index in [-0.39, 0.29) is 29.8 Å². The molecule has 1 aliphatic rings. The van der Waals surface area contributed by atoms with Crippen LogP contribution in [0.3, 0.4) is 0 Å². The molecule has 6 nitrogen and oxygen atoms in total. The van der Waals surface area contributed by atoms with E-state index in [4.69, 9.17) is 4.42 Å². The third kappa shape index (κ3) is 5.12. The monoisotopic (exact) mass is 369 g/mol. The molecule has 2 N–H and O–H groups in total. The summed E-state index contributed by atoms with van der Waals surface area (Å²) in [5, 5.41) is 5.87. The SMILES string of the molecule is CC(C)NC(=O)N1C[C@H](C(=O)NCc2ccco2)C[C@@H](c2ccccc2)C1. The van der Waals surface area contributed by atoms with Crippen LogP contribution in [0, 0.1) is 5.92 Å². The van der Waals surface area contributed by atoms with Gasteiger partial charge in [0.15, 0.2) is 0 Å². The van der Waals surface area contributed by atoms with Crippen LogP contribution >= 0.6 is 0 Å². The minimum atomic E-state index is -0.253. The second-order valence-corrected chi connectivity index (χ2v) is 7.35. The van der Waals surface area contributed by atoms with Gasteiger partial charge in [-0.3, -0.25) is 4.79 Å². The van der Waals surface area contributed by atoms with Gasteiger partial charge in [-0.05, 0) is 38.0 Å². The highest BCUT2D eigenvalue weighted by Gasteiger charge is 2.34. The summed E-state index contributed by atoms with van der Waals surface area (Å²) in [5.41, 5.74) is 1.16. The molecule has 2 heterocycles. The van der Waals surface area contributed by atoms with Crippen molar-refractivity contribution in [3.63, 3.8) is 0 Å². The van der Waals surface area contributed by atoms with Crippen LogP contribution < -0.4 is 10.6 Å². The van der Waals surface area contributed by atoms with E-state index in [0.717, 1.165) is 12.0 Å². The van der Waals surface area contributed by atoms with Crippen molar-refractivity contribution in [1.82, 2.24) is 15.5 Å². The van der Waals surface area contributed by atoms with Crippen LogP contribution in [-0.4, -0.2) is 36.0 Å². The maximum Gasteiger partial charge on any atom is 0.317 e. The lowest BCUT2D eigenvalue weighted by atomic mass is 9.84. The smallest absolute Gasteiger partial charge is 0.317 e. The molecule has 1 saturated heterocycles. The summed E-state index contributed by atoms with van der Waals surface area (Å²) in [4.78, 5) is 27.1. The lowest BCUT2D eigenvalue weighted by molar-refractivity contribution is -0.126. The van der Waals surface area contributed by atoms with Gasteiger partial charge in [0, 0.05) is 25.0 Å². The molecule has 3 amide bonds. The molecular formula is C21H27N3O3. The predicted molar refractivity (Wildman–Crippen MR) is 103 cm³/mol. The maximum absolute atomic E-state index is 12.7. The van der Waals surface area contributed by atoms with Gasteiger partial charge >= 0.3 is 6.03 Å². The van der Waals surface area contributed by atoms with Gasteiger partial charge in [-0.2, -0.15) is 0 Å². The summed E-state index contributed by atoms with van der Waals surface area (Å²) in [7, 11) is 0. The number of benzene rings is 1. The van der Waals surface area contributed by atoms with Crippen molar-refractivity contribution in [3.8, 4) is 0 Å². The van der Waals surface area contributed by atoms with Crippen LogP contribution in [-0.2, 0) is 11.3 Å². The first-order chi connectivity index (χ1) is 13.0. The highest BCUT2D eigenvalue weighted by atomic mass is 16.3. The fourth-order valence-corrected chi connectivity index (χ4v) is 3.49. The Labute approximate surface area is 159 Å². The Morgan fingerprint density at radius 2 is 1.93 bits per heavy atom. The van der Waals surface area contributed by atoms with Crippen molar-refractivity contribution in [2.45, 2.75) is 38.8 Å². The average Bonchev–Trinajstić information content (AvgIpc) is 3.19. The highest BCUT2D eigenvalue weighted by Crippen LogP contribution is 2.30. The fraction of sp³-hybridized carbons (Fsp3) is 0.429. The standard InChI is InChI=1S/C21H27N3O3/c1-15(2)23-21(26)24-13-17(16-7-4-3-5-8-16)11-18(14-24)20(25)22-12-19-9-6-10-27-19/h3-10,15,17-18H,11-14H2,1-2H3,(H,22,25)(H,23,26)/t17-,18-/m1/s1. The van der Waals surface area contributed by atoms with E-state index in [2.05, 4.69) is 22.8 Å². The lowest BCUT2D eigenvalue weighted by Crippen LogP contribution is -2.52. The van der Waals surface area contributed by atoms with Crippen molar-refractivity contribution >= 4 is 11.9 Å². The molecule has 0 spiro atoms. The van der Waals surface area contributed by atoms with E-state index in [1.54, 1.807) is 17.2 Å². The number of hydrogen-bond donors (Lipinski definition) is 2. The summed E-state index contributed by atoms with van der Waals surface area (Å²) < 4.78 is 5.28. The third-order valence-corrected chi connectivity index (χ3v) is 4.81. The molecule has 0 unspecified atom stereocenters. The predicted octanol–water partition coefficient (Wildman–Crippen LogP) is 3.12. The van der Waals surface area contributed by atoms with Gasteiger partial charge in [-0.15, -0.1) is 0 Å². The van der Waals surface area contributed by atoms with Crippen molar-refractivity contribution < 1.29 is 14.0 Å². The van der Waals surface area contributed by atoms with Crippen LogP contribution in [0.1, 0.15) is 37.5 Å². The number of amides is 3. The fourth-order valence-electron chi connectivity index (χ4n) is 3.49. The number of carbonyl (C=O) groups is 2. The number of urea groups is 1. The number of hydrogen-bond acceptors (Lipinski definition) is 3. The van der Waals surface area contributed by atoms with Gasteiger partial charge in [0.2, 0.25) is 5.91 Å². The quantitative estimate of drug-likeness (QED) is 0.850. The van der Waals surface area contributed by atoms with Crippen LogP contribution in [0.2, 0.25) is 0 Å². The topological polar surface area (TPSA) is 74.6 Å². The molecule has 3 rings (SSSR count). The molecule has 27 heavy (non-hydrogen) atoms. The van der Waals surface area contributed by atoms with Gasteiger partial charge in [0.05, 0.1) is 18.7 Å². The average molecular weight is 369 g/mol. The number of likely N-dealkylation sites (tertiary alicyclic amines) is 1. The Morgan fingerprint density at radius 3 is 2.59 bits per heavy atom. The molecule has 1 fully saturated rings. The summed E-state index contributed by atoms with van der Waals surface area (Å²) in [6.45, 7) is 5.26. The van der Waals surface area contributed by atoms with Crippen LogP contribution in [0.15, 0.2) is 53.1 Å². The summed E-state index contributed by atoms with van der Waals surface area (Å²) >= 11 is 0. The molecular weight excluding hydrogens is 342 g/mol. The molecule has 144 valence electrons. The minimum Gasteiger partial charge on any atom is -0.467 e. The van der Waals surface area contributed by atoms with E-state index in [0.29, 0.717) is 25.4 Å². The van der Waals surface area contributed by atoms with Crippen molar-refractivity contribution in [1.29, 1.82) is 0 Å². The molecule has 1 aliphatic heterocycles. The molecule has 0 radical (unpaired) electrons. The third-order valence-electron chi connectivity index (χ3n) is 4.81. The molecule has 1 aromatic carbocycles. The Hall–Kier alpha value is -2.76. The second-order valence-electron chi connectivity index (χ2n) is 7.35. The molecule has 6 heteroatoms. The van der Waals surface area contributed by atoms with Gasteiger partial charge < -0.3 is 20.0 Å². The summed E-state index contributed by atoms with van der Waals surface area (Å²) in [6.07, 6.45) is 2.31. The van der Waals surface area contributed by atoms with Crippen LogP contribution in [0.4, 0.5) is 4.79 Å². The van der Waals surface area contributed by atoms with Crippen molar-refractivity contribution in [3.05, 3.63) is 60.1 Å². The van der Waals surface area contributed by atoms with Crippen LogP contribution in [0.5, 0.6) is 0 Å². The summed E-state index contributed by atoms with van der Waals surface area (Å²) in [5.74, 6) is 0.552. The largest absolute Gasteiger partial charge is 0.467 e.